The normalized spacial score (nSPS) is 11.3. The van der Waals surface area contributed by atoms with E-state index in [9.17, 15) is 12.8 Å². The van der Waals surface area contributed by atoms with Gasteiger partial charge in [0.25, 0.3) is 0 Å². The fourth-order valence-electron chi connectivity index (χ4n) is 1.64. The molecule has 0 unspecified atom stereocenters. The van der Waals surface area contributed by atoms with E-state index in [0.29, 0.717) is 5.56 Å². The lowest BCUT2D eigenvalue weighted by molar-refractivity contribution is 0.387. The molecule has 19 heavy (non-hydrogen) atoms. The number of hydrogen-bond donors (Lipinski definition) is 1. The summed E-state index contributed by atoms with van der Waals surface area (Å²) in [7, 11) is -2.39. The molecule has 2 aromatic rings. The molecule has 2 aromatic carbocycles. The van der Waals surface area contributed by atoms with Gasteiger partial charge in [-0.15, -0.1) is 0 Å². The maximum absolute atomic E-state index is 14.0. The van der Waals surface area contributed by atoms with Crippen LogP contribution in [0.4, 0.5) is 4.39 Å². The summed E-state index contributed by atoms with van der Waals surface area (Å²) in [5, 5.41) is 4.99. The first-order valence-electron chi connectivity index (χ1n) is 5.31. The minimum Gasteiger partial charge on any atom is -0.494 e. The van der Waals surface area contributed by atoms with Gasteiger partial charge in [0, 0.05) is 5.56 Å². The van der Waals surface area contributed by atoms with Gasteiger partial charge in [-0.3, -0.25) is 0 Å². The number of primary sulfonamides is 1. The highest BCUT2D eigenvalue weighted by Gasteiger charge is 2.12. The Morgan fingerprint density at radius 1 is 1.21 bits per heavy atom. The summed E-state index contributed by atoms with van der Waals surface area (Å²) in [6.07, 6.45) is 0. The lowest BCUT2D eigenvalue weighted by atomic mass is 10.0. The first-order valence-corrected chi connectivity index (χ1v) is 6.85. The quantitative estimate of drug-likeness (QED) is 0.934. The molecule has 6 heteroatoms. The average molecular weight is 280 g/mol. The van der Waals surface area contributed by atoms with Gasteiger partial charge in [-0.1, -0.05) is 12.1 Å². The van der Waals surface area contributed by atoms with Gasteiger partial charge in [-0.05, 0) is 35.9 Å². The van der Waals surface area contributed by atoms with Gasteiger partial charge in [-0.25, -0.2) is 17.9 Å². The standard InChI is InChI=1S/C13H11FNO3S/c1-18-12-4-2-3-11(13(12)14)9-5-7-10(8-6-9)19(15,16)17/h2,4-8H,1H3,(H2,15,16,17). The highest BCUT2D eigenvalue weighted by Crippen LogP contribution is 2.28. The van der Waals surface area contributed by atoms with Crippen LogP contribution in [-0.4, -0.2) is 15.5 Å². The van der Waals surface area contributed by atoms with Crippen LogP contribution in [0.15, 0.2) is 41.3 Å². The van der Waals surface area contributed by atoms with Gasteiger partial charge < -0.3 is 4.74 Å². The third kappa shape index (κ3) is 2.74. The fourth-order valence-corrected chi connectivity index (χ4v) is 2.15. The molecular formula is C13H11FNO3S. The van der Waals surface area contributed by atoms with E-state index in [2.05, 4.69) is 6.07 Å². The Morgan fingerprint density at radius 2 is 1.84 bits per heavy atom. The molecular weight excluding hydrogens is 269 g/mol. The summed E-state index contributed by atoms with van der Waals surface area (Å²) < 4.78 is 41.1. The zero-order valence-corrected chi connectivity index (χ0v) is 10.9. The molecule has 2 N–H and O–H groups in total. The van der Waals surface area contributed by atoms with E-state index < -0.39 is 15.8 Å². The lowest BCUT2D eigenvalue weighted by Gasteiger charge is -2.07. The smallest absolute Gasteiger partial charge is 0.238 e. The zero-order valence-electron chi connectivity index (χ0n) is 10.1. The van der Waals surface area contributed by atoms with Crippen molar-refractivity contribution in [2.75, 3.05) is 7.11 Å². The van der Waals surface area contributed by atoms with Crippen LogP contribution < -0.4 is 9.88 Å². The maximum Gasteiger partial charge on any atom is 0.238 e. The van der Waals surface area contributed by atoms with E-state index >= 15 is 0 Å². The number of nitrogens with two attached hydrogens (primary N) is 1. The maximum atomic E-state index is 14.0. The van der Waals surface area contributed by atoms with Crippen LogP contribution in [0, 0.1) is 11.9 Å². The van der Waals surface area contributed by atoms with E-state index in [1.165, 1.54) is 43.5 Å². The van der Waals surface area contributed by atoms with Gasteiger partial charge in [0.15, 0.2) is 11.6 Å². The second-order valence-corrected chi connectivity index (χ2v) is 5.37. The highest BCUT2D eigenvalue weighted by atomic mass is 32.2. The summed E-state index contributed by atoms with van der Waals surface area (Å²) in [6, 6.07) is 11.3. The third-order valence-electron chi connectivity index (χ3n) is 2.59. The molecule has 0 aromatic heterocycles. The number of benzene rings is 2. The molecule has 0 aliphatic heterocycles. The first kappa shape index (κ1) is 13.5. The van der Waals surface area contributed by atoms with E-state index in [-0.39, 0.29) is 16.2 Å². The molecule has 0 fully saturated rings. The topological polar surface area (TPSA) is 69.4 Å². The summed E-state index contributed by atoms with van der Waals surface area (Å²) in [5.41, 5.74) is 0.698. The van der Waals surface area contributed by atoms with Gasteiger partial charge in [0.05, 0.1) is 12.0 Å². The Labute approximate surface area is 110 Å². The van der Waals surface area contributed by atoms with E-state index in [4.69, 9.17) is 9.88 Å². The Balaban J connectivity index is 2.49. The summed E-state index contributed by atoms with van der Waals surface area (Å²) >= 11 is 0. The van der Waals surface area contributed by atoms with E-state index in [1.54, 1.807) is 0 Å². The number of hydrogen-bond acceptors (Lipinski definition) is 3. The molecule has 0 saturated carbocycles. The molecule has 0 bridgehead atoms. The Kier molecular flexibility index (Phi) is 3.55. The summed E-state index contributed by atoms with van der Waals surface area (Å²) in [6.45, 7) is 0. The molecule has 0 aliphatic rings. The van der Waals surface area contributed by atoms with Gasteiger partial charge >= 0.3 is 0 Å². The van der Waals surface area contributed by atoms with Crippen LogP contribution in [0.5, 0.6) is 5.75 Å². The molecule has 0 aliphatic carbocycles. The fraction of sp³-hybridized carbons (Fsp3) is 0.0769. The van der Waals surface area contributed by atoms with E-state index in [0.717, 1.165) is 0 Å². The van der Waals surface area contributed by atoms with Crippen LogP contribution in [0.3, 0.4) is 0 Å². The van der Waals surface area contributed by atoms with Gasteiger partial charge in [0.1, 0.15) is 0 Å². The lowest BCUT2D eigenvalue weighted by Crippen LogP contribution is -2.11. The number of sulfonamides is 1. The Bertz CT molecular complexity index is 696. The SMILES string of the molecule is COc1cc[c]c(-c2ccc(S(N)(=O)=O)cc2)c1F. The number of ether oxygens (including phenoxy) is 1. The molecule has 1 radical (unpaired) electrons. The van der Waals surface area contributed by atoms with Crippen molar-refractivity contribution in [3.05, 3.63) is 48.3 Å². The molecule has 0 heterocycles. The monoisotopic (exact) mass is 280 g/mol. The van der Waals surface area contributed by atoms with Crippen LogP contribution >= 0.6 is 0 Å². The first-order chi connectivity index (χ1) is 8.93. The third-order valence-corrected chi connectivity index (χ3v) is 3.52. The molecule has 0 saturated heterocycles. The summed E-state index contributed by atoms with van der Waals surface area (Å²) in [4.78, 5) is -0.0282. The Hall–Kier alpha value is -1.92. The van der Waals surface area contributed by atoms with Crippen molar-refractivity contribution in [1.82, 2.24) is 0 Å². The predicted octanol–water partition coefficient (Wildman–Crippen LogP) is 1.95. The van der Waals surface area contributed by atoms with Crippen molar-refractivity contribution in [2.45, 2.75) is 4.90 Å². The number of methoxy groups -OCH3 is 1. The van der Waals surface area contributed by atoms with Crippen LogP contribution in [-0.2, 0) is 10.0 Å². The molecule has 0 atom stereocenters. The van der Waals surface area contributed by atoms with Crippen molar-refractivity contribution in [1.29, 1.82) is 0 Å². The predicted molar refractivity (Wildman–Crippen MR) is 68.6 cm³/mol. The van der Waals surface area contributed by atoms with Crippen molar-refractivity contribution in [3.8, 4) is 16.9 Å². The second-order valence-electron chi connectivity index (χ2n) is 3.80. The molecule has 0 amide bonds. The van der Waals surface area contributed by atoms with Crippen LogP contribution in [0.1, 0.15) is 0 Å². The zero-order chi connectivity index (χ0) is 14.0. The molecule has 2 rings (SSSR count). The van der Waals surface area contributed by atoms with E-state index in [1.807, 2.05) is 0 Å². The largest absolute Gasteiger partial charge is 0.494 e. The van der Waals surface area contributed by atoms with Gasteiger partial charge in [-0.2, -0.15) is 0 Å². The number of rotatable bonds is 3. The average Bonchev–Trinajstić information content (AvgIpc) is 2.38. The van der Waals surface area contributed by atoms with Crippen LogP contribution in [0.2, 0.25) is 0 Å². The second kappa shape index (κ2) is 4.99. The molecule has 4 nitrogen and oxygen atoms in total. The minimum absolute atomic E-state index is 0.0282. The number of halogens is 1. The van der Waals surface area contributed by atoms with Crippen molar-refractivity contribution < 1.29 is 17.5 Å². The molecule has 0 spiro atoms. The molecule has 99 valence electrons. The van der Waals surface area contributed by atoms with Gasteiger partial charge in [0.2, 0.25) is 10.0 Å². The van der Waals surface area contributed by atoms with Crippen LogP contribution in [0.25, 0.3) is 11.1 Å². The summed E-state index contributed by atoms with van der Waals surface area (Å²) in [5.74, 6) is -0.447. The minimum atomic E-state index is -3.75. The Morgan fingerprint density at radius 3 is 2.37 bits per heavy atom. The highest BCUT2D eigenvalue weighted by molar-refractivity contribution is 7.89. The van der Waals surface area contributed by atoms with Crippen molar-refractivity contribution >= 4 is 10.0 Å². The van der Waals surface area contributed by atoms with Crippen molar-refractivity contribution in [3.63, 3.8) is 0 Å². The van der Waals surface area contributed by atoms with Crippen molar-refractivity contribution in [2.24, 2.45) is 5.14 Å².